The number of Topliss-reactive ketones (excluding diaryl/α,β-unsaturated/α-hetero) is 1. The summed E-state index contributed by atoms with van der Waals surface area (Å²) in [6.07, 6.45) is 1.04. The van der Waals surface area contributed by atoms with Gasteiger partial charge in [-0.05, 0) is 42.3 Å². The Kier molecular flexibility index (Phi) is 4.87. The van der Waals surface area contributed by atoms with Gasteiger partial charge < -0.3 is 0 Å². The van der Waals surface area contributed by atoms with E-state index in [4.69, 9.17) is 34.8 Å². The van der Waals surface area contributed by atoms with Crippen molar-refractivity contribution in [2.45, 2.75) is 12.8 Å². The quantitative estimate of drug-likeness (QED) is 0.685. The van der Waals surface area contributed by atoms with Gasteiger partial charge >= 0.3 is 0 Å². The smallest absolute Gasteiger partial charge is 0.163 e. The number of ketones is 1. The summed E-state index contributed by atoms with van der Waals surface area (Å²) in [5.41, 5.74) is 1.58. The van der Waals surface area contributed by atoms with Gasteiger partial charge in [0.15, 0.2) is 5.78 Å². The molecule has 2 aromatic carbocycles. The number of carbonyl (C=O) groups is 1. The minimum Gasteiger partial charge on any atom is -0.294 e. The first-order valence-corrected chi connectivity index (χ1v) is 6.92. The molecule has 0 aliphatic rings. The van der Waals surface area contributed by atoms with Gasteiger partial charge in [0.2, 0.25) is 0 Å². The van der Waals surface area contributed by atoms with E-state index < -0.39 is 0 Å². The Morgan fingerprint density at radius 2 is 1.58 bits per heavy atom. The molecule has 0 amide bonds. The Morgan fingerprint density at radius 1 is 0.895 bits per heavy atom. The number of carbonyl (C=O) groups excluding carboxylic acids is 1. The second kappa shape index (κ2) is 6.42. The van der Waals surface area contributed by atoms with Gasteiger partial charge in [0.1, 0.15) is 0 Å². The van der Waals surface area contributed by atoms with Gasteiger partial charge in [-0.2, -0.15) is 0 Å². The number of hydrogen-bond acceptors (Lipinski definition) is 1. The Hall–Kier alpha value is -1.02. The van der Waals surface area contributed by atoms with Crippen molar-refractivity contribution < 1.29 is 4.79 Å². The fourth-order valence-electron chi connectivity index (χ4n) is 1.81. The van der Waals surface area contributed by atoms with E-state index in [1.165, 1.54) is 0 Å². The number of hydrogen-bond donors (Lipinski definition) is 0. The number of benzene rings is 2. The highest BCUT2D eigenvalue weighted by Crippen LogP contribution is 2.21. The third-order valence-electron chi connectivity index (χ3n) is 2.71. The molecule has 0 heterocycles. The van der Waals surface area contributed by atoms with Crippen molar-refractivity contribution in [3.8, 4) is 0 Å². The highest BCUT2D eigenvalue weighted by molar-refractivity contribution is 6.35. The minimum atomic E-state index is 0.0179. The van der Waals surface area contributed by atoms with Gasteiger partial charge in [0.25, 0.3) is 0 Å². The van der Waals surface area contributed by atoms with E-state index in [-0.39, 0.29) is 5.78 Å². The molecule has 0 aliphatic heterocycles. The molecule has 0 N–H and O–H groups in total. The molecule has 0 unspecified atom stereocenters. The molecule has 0 saturated carbocycles. The number of aryl methyl sites for hydroxylation is 1. The van der Waals surface area contributed by atoms with Crippen molar-refractivity contribution in [1.82, 2.24) is 0 Å². The van der Waals surface area contributed by atoms with Crippen LogP contribution in [0, 0.1) is 0 Å². The molecule has 98 valence electrons. The maximum absolute atomic E-state index is 12.1. The fraction of sp³-hybridized carbons (Fsp3) is 0.133. The summed E-state index contributed by atoms with van der Waals surface area (Å²) in [6.45, 7) is 0. The molecule has 0 aromatic heterocycles. The normalized spacial score (nSPS) is 10.5. The van der Waals surface area contributed by atoms with Crippen molar-refractivity contribution in [2.75, 3.05) is 0 Å². The van der Waals surface area contributed by atoms with Crippen molar-refractivity contribution >= 4 is 40.6 Å². The van der Waals surface area contributed by atoms with Crippen molar-refractivity contribution in [2.24, 2.45) is 0 Å². The van der Waals surface area contributed by atoms with Crippen LogP contribution in [0.1, 0.15) is 22.3 Å². The zero-order valence-corrected chi connectivity index (χ0v) is 12.3. The summed E-state index contributed by atoms with van der Waals surface area (Å²) >= 11 is 17.7. The molecule has 0 atom stereocenters. The van der Waals surface area contributed by atoms with Crippen LogP contribution in [0.2, 0.25) is 15.1 Å². The molecular weight excluding hydrogens is 303 g/mol. The van der Waals surface area contributed by atoms with E-state index >= 15 is 0 Å². The highest BCUT2D eigenvalue weighted by atomic mass is 35.5. The predicted molar refractivity (Wildman–Crippen MR) is 80.6 cm³/mol. The summed E-state index contributed by atoms with van der Waals surface area (Å²) in [5, 5.41) is 1.62. The van der Waals surface area contributed by atoms with Crippen LogP contribution in [0.4, 0.5) is 0 Å². The topological polar surface area (TPSA) is 17.1 Å². The molecule has 2 aromatic rings. The largest absolute Gasteiger partial charge is 0.294 e. The maximum atomic E-state index is 12.1. The molecule has 0 radical (unpaired) electrons. The third-order valence-corrected chi connectivity index (χ3v) is 3.39. The lowest BCUT2D eigenvalue weighted by Gasteiger charge is -2.04. The van der Waals surface area contributed by atoms with E-state index in [9.17, 15) is 4.79 Å². The monoisotopic (exact) mass is 312 g/mol. The Bertz CT molecular complexity index is 588. The van der Waals surface area contributed by atoms with E-state index in [2.05, 4.69) is 0 Å². The molecule has 0 spiro atoms. The first-order chi connectivity index (χ1) is 9.04. The van der Waals surface area contributed by atoms with Crippen LogP contribution in [0.25, 0.3) is 0 Å². The van der Waals surface area contributed by atoms with Crippen molar-refractivity contribution in [3.05, 3.63) is 68.7 Å². The van der Waals surface area contributed by atoms with E-state index in [1.807, 2.05) is 24.3 Å². The zero-order chi connectivity index (χ0) is 13.8. The number of halogens is 3. The average Bonchev–Trinajstić information content (AvgIpc) is 2.35. The van der Waals surface area contributed by atoms with Crippen molar-refractivity contribution in [1.29, 1.82) is 0 Å². The summed E-state index contributed by atoms with van der Waals surface area (Å²) in [7, 11) is 0. The molecule has 19 heavy (non-hydrogen) atoms. The zero-order valence-electron chi connectivity index (χ0n) is 10.00. The van der Waals surface area contributed by atoms with Crippen LogP contribution in [-0.2, 0) is 6.42 Å². The molecule has 2 rings (SSSR count). The molecule has 0 fully saturated rings. The highest BCUT2D eigenvalue weighted by Gasteiger charge is 2.08. The summed E-state index contributed by atoms with van der Waals surface area (Å²) in [5.74, 6) is 0.0179. The van der Waals surface area contributed by atoms with Gasteiger partial charge in [-0.3, -0.25) is 4.79 Å². The summed E-state index contributed by atoms with van der Waals surface area (Å²) < 4.78 is 0. The lowest BCUT2D eigenvalue weighted by molar-refractivity contribution is 0.0983. The molecule has 1 nitrogen and oxygen atoms in total. The van der Waals surface area contributed by atoms with Crippen LogP contribution in [0.15, 0.2) is 42.5 Å². The van der Waals surface area contributed by atoms with Crippen LogP contribution in [0.5, 0.6) is 0 Å². The maximum Gasteiger partial charge on any atom is 0.163 e. The van der Waals surface area contributed by atoms with E-state index in [1.54, 1.807) is 18.2 Å². The predicted octanol–water partition coefficient (Wildman–Crippen LogP) is 5.46. The SMILES string of the molecule is O=C(CCc1cccc(Cl)c1)c1cc(Cl)cc(Cl)c1. The first-order valence-electron chi connectivity index (χ1n) is 5.78. The Morgan fingerprint density at radius 3 is 2.21 bits per heavy atom. The molecule has 4 heteroatoms. The van der Waals surface area contributed by atoms with E-state index in [0.717, 1.165) is 5.56 Å². The van der Waals surface area contributed by atoms with Gasteiger partial charge in [-0.15, -0.1) is 0 Å². The molecule has 0 saturated heterocycles. The van der Waals surface area contributed by atoms with Gasteiger partial charge in [-0.1, -0.05) is 46.9 Å². The number of rotatable bonds is 4. The lowest BCUT2D eigenvalue weighted by Crippen LogP contribution is -2.01. The van der Waals surface area contributed by atoms with Crippen LogP contribution < -0.4 is 0 Å². The first kappa shape index (κ1) is 14.4. The van der Waals surface area contributed by atoms with Crippen LogP contribution >= 0.6 is 34.8 Å². The van der Waals surface area contributed by atoms with E-state index in [0.29, 0.717) is 33.5 Å². The molecule has 0 aliphatic carbocycles. The average molecular weight is 314 g/mol. The van der Waals surface area contributed by atoms with Gasteiger partial charge in [0.05, 0.1) is 0 Å². The minimum absolute atomic E-state index is 0.0179. The van der Waals surface area contributed by atoms with Crippen LogP contribution in [0.3, 0.4) is 0 Å². The summed E-state index contributed by atoms with van der Waals surface area (Å²) in [6, 6.07) is 12.4. The van der Waals surface area contributed by atoms with Crippen molar-refractivity contribution in [3.63, 3.8) is 0 Å². The third kappa shape index (κ3) is 4.24. The molecular formula is C15H11Cl3O. The van der Waals surface area contributed by atoms with Gasteiger partial charge in [-0.25, -0.2) is 0 Å². The Labute approximate surface area is 127 Å². The molecule has 0 bridgehead atoms. The Balaban J connectivity index is 2.05. The fourth-order valence-corrected chi connectivity index (χ4v) is 2.55. The summed E-state index contributed by atoms with van der Waals surface area (Å²) in [4.78, 5) is 12.1. The second-order valence-corrected chi connectivity index (χ2v) is 5.52. The van der Waals surface area contributed by atoms with Gasteiger partial charge in [0, 0.05) is 27.1 Å². The van der Waals surface area contributed by atoms with Crippen LogP contribution in [-0.4, -0.2) is 5.78 Å². The second-order valence-electron chi connectivity index (χ2n) is 4.21. The lowest BCUT2D eigenvalue weighted by atomic mass is 10.0. The standard InChI is InChI=1S/C15H11Cl3O/c16-12-3-1-2-10(6-12)4-5-15(19)11-7-13(17)9-14(18)8-11/h1-3,6-9H,4-5H2.